The molecule has 6 heteroatoms. The third kappa shape index (κ3) is 3.98. The van der Waals surface area contributed by atoms with Gasteiger partial charge in [-0.15, -0.1) is 11.3 Å². The summed E-state index contributed by atoms with van der Waals surface area (Å²) < 4.78 is 4.38. The summed E-state index contributed by atoms with van der Waals surface area (Å²) in [6.45, 7) is 8.62. The predicted octanol–water partition coefficient (Wildman–Crippen LogP) is 3.93. The zero-order valence-electron chi connectivity index (χ0n) is 11.8. The molecule has 0 aliphatic heterocycles. The molecule has 0 amide bonds. The Bertz CT molecular complexity index is 518. The molecule has 0 radical (unpaired) electrons. The first-order chi connectivity index (χ1) is 9.08. The van der Waals surface area contributed by atoms with Crippen LogP contribution in [0.4, 0.5) is 5.13 Å². The number of aryl methyl sites for hydroxylation is 1. The van der Waals surface area contributed by atoms with Gasteiger partial charge in [0.2, 0.25) is 5.13 Å². The van der Waals surface area contributed by atoms with Crippen molar-refractivity contribution in [1.29, 1.82) is 0 Å². The Hall–Kier alpha value is -1.01. The summed E-state index contributed by atoms with van der Waals surface area (Å²) in [5, 5.41) is 5.38. The SMILES string of the molecule is CCc1cnc(C(C)Nc2nc(CC(C)C)ns2)s1. The van der Waals surface area contributed by atoms with Crippen LogP contribution >= 0.6 is 22.9 Å². The molecule has 2 rings (SSSR count). The van der Waals surface area contributed by atoms with Crippen molar-refractivity contribution in [2.75, 3.05) is 5.32 Å². The molecule has 0 aliphatic rings. The van der Waals surface area contributed by atoms with E-state index in [1.807, 2.05) is 6.20 Å². The van der Waals surface area contributed by atoms with Crippen LogP contribution < -0.4 is 5.32 Å². The molecule has 0 saturated carbocycles. The Labute approximate surface area is 122 Å². The number of aromatic nitrogens is 3. The summed E-state index contributed by atoms with van der Waals surface area (Å²) >= 11 is 3.19. The number of thiazole rings is 1. The fourth-order valence-corrected chi connectivity index (χ4v) is 3.24. The van der Waals surface area contributed by atoms with E-state index >= 15 is 0 Å². The van der Waals surface area contributed by atoms with E-state index in [1.165, 1.54) is 16.4 Å². The Morgan fingerprint density at radius 3 is 2.74 bits per heavy atom. The van der Waals surface area contributed by atoms with Gasteiger partial charge in [0.15, 0.2) is 0 Å². The van der Waals surface area contributed by atoms with E-state index in [1.54, 1.807) is 11.3 Å². The topological polar surface area (TPSA) is 50.7 Å². The molecule has 0 saturated heterocycles. The first-order valence-corrected chi connectivity index (χ1v) is 8.21. The van der Waals surface area contributed by atoms with Gasteiger partial charge in [0.05, 0.1) is 6.04 Å². The van der Waals surface area contributed by atoms with Crippen LogP contribution in [0.5, 0.6) is 0 Å². The maximum Gasteiger partial charge on any atom is 0.203 e. The van der Waals surface area contributed by atoms with E-state index in [0.29, 0.717) is 5.92 Å². The van der Waals surface area contributed by atoms with Crippen molar-refractivity contribution in [2.24, 2.45) is 5.92 Å². The quantitative estimate of drug-likeness (QED) is 0.877. The van der Waals surface area contributed by atoms with Crippen LogP contribution in [0.1, 0.15) is 49.4 Å². The molecule has 4 nitrogen and oxygen atoms in total. The van der Waals surface area contributed by atoms with E-state index < -0.39 is 0 Å². The van der Waals surface area contributed by atoms with Gasteiger partial charge in [-0.05, 0) is 19.3 Å². The third-order valence-corrected chi connectivity index (χ3v) is 4.70. The Morgan fingerprint density at radius 2 is 2.11 bits per heavy atom. The molecule has 0 bridgehead atoms. The number of rotatable bonds is 6. The minimum absolute atomic E-state index is 0.185. The normalized spacial score (nSPS) is 12.9. The van der Waals surface area contributed by atoms with E-state index in [9.17, 15) is 0 Å². The van der Waals surface area contributed by atoms with Crippen LogP contribution in [-0.2, 0) is 12.8 Å². The Balaban J connectivity index is 1.98. The highest BCUT2D eigenvalue weighted by atomic mass is 32.1. The third-order valence-electron chi connectivity index (χ3n) is 2.69. The smallest absolute Gasteiger partial charge is 0.203 e. The highest BCUT2D eigenvalue weighted by Crippen LogP contribution is 2.25. The van der Waals surface area contributed by atoms with Crippen LogP contribution in [0, 0.1) is 5.92 Å². The number of hydrogen-bond donors (Lipinski definition) is 1. The summed E-state index contributed by atoms with van der Waals surface area (Å²) in [5.41, 5.74) is 0. The minimum Gasteiger partial charge on any atom is -0.351 e. The van der Waals surface area contributed by atoms with Gasteiger partial charge in [-0.3, -0.25) is 0 Å². The predicted molar refractivity (Wildman–Crippen MR) is 82.0 cm³/mol. The monoisotopic (exact) mass is 296 g/mol. The van der Waals surface area contributed by atoms with Crippen molar-refractivity contribution < 1.29 is 0 Å². The summed E-state index contributed by atoms with van der Waals surface area (Å²) in [7, 11) is 0. The van der Waals surface area contributed by atoms with E-state index in [4.69, 9.17) is 0 Å². The lowest BCUT2D eigenvalue weighted by Gasteiger charge is -2.08. The molecule has 0 aliphatic carbocycles. The highest BCUT2D eigenvalue weighted by Gasteiger charge is 2.13. The number of hydrogen-bond acceptors (Lipinski definition) is 6. The van der Waals surface area contributed by atoms with Crippen LogP contribution in [0.3, 0.4) is 0 Å². The van der Waals surface area contributed by atoms with Crippen molar-refractivity contribution in [1.82, 2.24) is 14.3 Å². The van der Waals surface area contributed by atoms with Gasteiger partial charge in [0.25, 0.3) is 0 Å². The maximum atomic E-state index is 4.52. The minimum atomic E-state index is 0.185. The van der Waals surface area contributed by atoms with Crippen molar-refractivity contribution in [3.63, 3.8) is 0 Å². The second kappa shape index (κ2) is 6.43. The lowest BCUT2D eigenvalue weighted by atomic mass is 10.1. The molecule has 1 N–H and O–H groups in total. The van der Waals surface area contributed by atoms with Gasteiger partial charge in [-0.1, -0.05) is 20.8 Å². The summed E-state index contributed by atoms with van der Waals surface area (Å²) in [6.07, 6.45) is 3.94. The van der Waals surface area contributed by atoms with Gasteiger partial charge in [-0.25, -0.2) is 9.97 Å². The second-order valence-electron chi connectivity index (χ2n) is 5.00. The van der Waals surface area contributed by atoms with E-state index in [0.717, 1.165) is 28.8 Å². The maximum absolute atomic E-state index is 4.52. The Morgan fingerprint density at radius 1 is 1.32 bits per heavy atom. The lowest BCUT2D eigenvalue weighted by molar-refractivity contribution is 0.627. The molecule has 1 atom stereocenters. The van der Waals surface area contributed by atoms with Gasteiger partial charge >= 0.3 is 0 Å². The fraction of sp³-hybridized carbons (Fsp3) is 0.615. The average molecular weight is 296 g/mol. The number of nitrogens with zero attached hydrogens (tertiary/aromatic N) is 3. The summed E-state index contributed by atoms with van der Waals surface area (Å²) in [5.74, 6) is 1.52. The summed E-state index contributed by atoms with van der Waals surface area (Å²) in [4.78, 5) is 10.3. The molecule has 0 fully saturated rings. The molecule has 2 aromatic rings. The van der Waals surface area contributed by atoms with E-state index in [2.05, 4.69) is 47.4 Å². The molecule has 2 aromatic heterocycles. The Kier molecular flexibility index (Phi) is 4.87. The van der Waals surface area contributed by atoms with Crippen LogP contribution in [0.25, 0.3) is 0 Å². The molecular formula is C13H20N4S2. The van der Waals surface area contributed by atoms with Gasteiger partial charge < -0.3 is 5.32 Å². The first kappa shape index (κ1) is 14.4. The fourth-order valence-electron chi connectivity index (χ4n) is 1.69. The van der Waals surface area contributed by atoms with Crippen molar-refractivity contribution >= 4 is 28.0 Å². The average Bonchev–Trinajstić information content (AvgIpc) is 2.97. The molecule has 0 spiro atoms. The lowest BCUT2D eigenvalue weighted by Crippen LogP contribution is -2.06. The largest absolute Gasteiger partial charge is 0.351 e. The molecule has 104 valence electrons. The molecule has 19 heavy (non-hydrogen) atoms. The molecular weight excluding hydrogens is 276 g/mol. The van der Waals surface area contributed by atoms with Crippen molar-refractivity contribution in [2.45, 2.75) is 46.6 Å². The number of nitrogens with one attached hydrogen (secondary N) is 1. The van der Waals surface area contributed by atoms with Crippen molar-refractivity contribution in [3.8, 4) is 0 Å². The van der Waals surface area contributed by atoms with Crippen LogP contribution in [0.2, 0.25) is 0 Å². The zero-order valence-corrected chi connectivity index (χ0v) is 13.4. The first-order valence-electron chi connectivity index (χ1n) is 6.62. The van der Waals surface area contributed by atoms with Gasteiger partial charge in [0.1, 0.15) is 10.8 Å². The number of anilines is 1. The molecule has 0 aromatic carbocycles. The molecule has 1 unspecified atom stereocenters. The van der Waals surface area contributed by atoms with Crippen LogP contribution in [0.15, 0.2) is 6.20 Å². The molecule has 2 heterocycles. The standard InChI is InChI=1S/C13H20N4S2/c1-5-10-7-14-12(18-10)9(4)15-13-16-11(17-19-13)6-8(2)3/h7-9H,5-6H2,1-4H3,(H,15,16,17). The van der Waals surface area contributed by atoms with Crippen LogP contribution in [-0.4, -0.2) is 14.3 Å². The van der Waals surface area contributed by atoms with Gasteiger partial charge in [-0.2, -0.15) is 4.37 Å². The summed E-state index contributed by atoms with van der Waals surface area (Å²) in [6, 6.07) is 0.185. The van der Waals surface area contributed by atoms with Gasteiger partial charge in [0, 0.05) is 29.0 Å². The van der Waals surface area contributed by atoms with Crippen molar-refractivity contribution in [3.05, 3.63) is 21.9 Å². The zero-order chi connectivity index (χ0) is 13.8. The van der Waals surface area contributed by atoms with E-state index in [-0.39, 0.29) is 6.04 Å². The highest BCUT2D eigenvalue weighted by molar-refractivity contribution is 7.11. The second-order valence-corrected chi connectivity index (χ2v) is 6.90.